The number of primary amides is 1. The first-order chi connectivity index (χ1) is 16.0. The van der Waals surface area contributed by atoms with Gasteiger partial charge in [0.2, 0.25) is 11.8 Å². The summed E-state index contributed by atoms with van der Waals surface area (Å²) in [5.41, 5.74) is 12.9. The van der Waals surface area contributed by atoms with Crippen LogP contribution in [0.15, 0.2) is 60.8 Å². The van der Waals surface area contributed by atoms with Gasteiger partial charge in [0.15, 0.2) is 0 Å². The topological polar surface area (TPSA) is 123 Å². The summed E-state index contributed by atoms with van der Waals surface area (Å²) < 4.78 is 0. The number of amides is 2. The largest absolute Gasteiger partial charge is 0.382 e. The predicted octanol–water partition coefficient (Wildman–Crippen LogP) is 3.86. The Morgan fingerprint density at radius 2 is 1.70 bits per heavy atom. The predicted molar refractivity (Wildman–Crippen MR) is 133 cm³/mol. The fourth-order valence-electron chi connectivity index (χ4n) is 3.88. The number of pyridine rings is 1. The Labute approximate surface area is 198 Å². The van der Waals surface area contributed by atoms with Gasteiger partial charge in [0.25, 0.3) is 0 Å². The molecular formula is C25H30ClN5O2. The molecule has 0 saturated heterocycles. The van der Waals surface area contributed by atoms with E-state index in [1.165, 1.54) is 0 Å². The van der Waals surface area contributed by atoms with Crippen molar-refractivity contribution in [2.24, 2.45) is 11.5 Å². The van der Waals surface area contributed by atoms with E-state index in [4.69, 9.17) is 23.1 Å². The highest BCUT2D eigenvalue weighted by Gasteiger charge is 2.22. The molecular weight excluding hydrogens is 438 g/mol. The molecule has 33 heavy (non-hydrogen) atoms. The molecule has 0 spiro atoms. The summed E-state index contributed by atoms with van der Waals surface area (Å²) in [5.74, 6) is -0.318. The Balaban J connectivity index is 0.000000286. The SMILES string of the molecule is NC(=O)c1ccccc1.NCCC(=O)N[C@H]1CC[C@@H](Nc2ccnc3cc(Cl)ccc23)CC1. The van der Waals surface area contributed by atoms with Crippen molar-refractivity contribution in [3.8, 4) is 0 Å². The Morgan fingerprint density at radius 1 is 1.00 bits per heavy atom. The van der Waals surface area contributed by atoms with E-state index >= 15 is 0 Å². The van der Waals surface area contributed by atoms with E-state index < -0.39 is 0 Å². The fourth-order valence-corrected chi connectivity index (χ4v) is 4.05. The van der Waals surface area contributed by atoms with Gasteiger partial charge in [-0.05, 0) is 62.1 Å². The monoisotopic (exact) mass is 467 g/mol. The number of carbonyl (C=O) groups excluding carboxylic acids is 2. The minimum absolute atomic E-state index is 0.0610. The molecule has 1 fully saturated rings. The number of anilines is 1. The molecule has 0 radical (unpaired) electrons. The van der Waals surface area contributed by atoms with Crippen LogP contribution in [0.2, 0.25) is 5.02 Å². The third-order valence-corrected chi connectivity index (χ3v) is 5.82. The Hall–Kier alpha value is -3.16. The van der Waals surface area contributed by atoms with E-state index in [0.717, 1.165) is 42.3 Å². The summed E-state index contributed by atoms with van der Waals surface area (Å²) in [6.07, 6.45) is 6.25. The summed E-state index contributed by atoms with van der Waals surface area (Å²) in [5, 5.41) is 8.47. The van der Waals surface area contributed by atoms with Gasteiger partial charge in [-0.15, -0.1) is 0 Å². The van der Waals surface area contributed by atoms with Gasteiger partial charge < -0.3 is 22.1 Å². The number of carbonyl (C=O) groups is 2. The van der Waals surface area contributed by atoms with E-state index in [-0.39, 0.29) is 17.9 Å². The molecule has 0 unspecified atom stereocenters. The van der Waals surface area contributed by atoms with Crippen molar-refractivity contribution in [1.82, 2.24) is 10.3 Å². The number of nitrogens with two attached hydrogens (primary N) is 2. The molecule has 4 rings (SSSR count). The van der Waals surface area contributed by atoms with E-state index in [9.17, 15) is 9.59 Å². The molecule has 174 valence electrons. The molecule has 0 atom stereocenters. The first-order valence-electron chi connectivity index (χ1n) is 11.1. The summed E-state index contributed by atoms with van der Waals surface area (Å²) in [6.45, 7) is 0.405. The van der Waals surface area contributed by atoms with Crippen LogP contribution < -0.4 is 22.1 Å². The van der Waals surface area contributed by atoms with Crippen LogP contribution in [0.25, 0.3) is 10.9 Å². The Kier molecular flexibility index (Phi) is 9.04. The van der Waals surface area contributed by atoms with Gasteiger partial charge in [-0.2, -0.15) is 0 Å². The van der Waals surface area contributed by atoms with E-state index in [1.54, 1.807) is 30.5 Å². The standard InChI is InChI=1S/C18H23ClN4O.C7H7NO/c19-12-1-6-15-16(8-10-21-17(15)11-12)22-13-2-4-14(5-3-13)23-18(24)7-9-20;8-7(9)6-4-2-1-3-5-6/h1,6,8,10-11,13-14H,2-5,7,9,20H2,(H,21,22)(H,23,24);1-5H,(H2,8,9)/t13-,14+;. The van der Waals surface area contributed by atoms with Gasteiger partial charge >= 0.3 is 0 Å². The van der Waals surface area contributed by atoms with Gasteiger partial charge in [0.05, 0.1) is 5.52 Å². The van der Waals surface area contributed by atoms with Crippen LogP contribution in [0.5, 0.6) is 0 Å². The molecule has 3 aromatic rings. The van der Waals surface area contributed by atoms with Crippen LogP contribution in [0.4, 0.5) is 5.69 Å². The Morgan fingerprint density at radius 3 is 2.33 bits per heavy atom. The number of hydrogen-bond donors (Lipinski definition) is 4. The van der Waals surface area contributed by atoms with Gasteiger partial charge in [0, 0.05) is 52.9 Å². The molecule has 0 aliphatic heterocycles. The number of hydrogen-bond acceptors (Lipinski definition) is 5. The molecule has 6 N–H and O–H groups in total. The van der Waals surface area contributed by atoms with Crippen LogP contribution in [0, 0.1) is 0 Å². The van der Waals surface area contributed by atoms with Crippen LogP contribution in [-0.4, -0.2) is 35.4 Å². The smallest absolute Gasteiger partial charge is 0.248 e. The van der Waals surface area contributed by atoms with Crippen LogP contribution in [-0.2, 0) is 4.79 Å². The van der Waals surface area contributed by atoms with Crippen molar-refractivity contribution in [1.29, 1.82) is 0 Å². The lowest BCUT2D eigenvalue weighted by Gasteiger charge is -2.30. The molecule has 1 aliphatic carbocycles. The summed E-state index contributed by atoms with van der Waals surface area (Å²) in [7, 11) is 0. The molecule has 8 heteroatoms. The number of nitrogens with one attached hydrogen (secondary N) is 2. The van der Waals surface area contributed by atoms with E-state index in [1.807, 2.05) is 30.3 Å². The summed E-state index contributed by atoms with van der Waals surface area (Å²) in [4.78, 5) is 26.4. The van der Waals surface area contributed by atoms with Gasteiger partial charge in [-0.25, -0.2) is 0 Å². The first-order valence-corrected chi connectivity index (χ1v) is 11.5. The zero-order valence-corrected chi connectivity index (χ0v) is 19.2. The normalized spacial score (nSPS) is 17.5. The summed E-state index contributed by atoms with van der Waals surface area (Å²) >= 11 is 6.04. The summed E-state index contributed by atoms with van der Waals surface area (Å²) in [6, 6.07) is 17.2. The number of nitrogens with zero attached hydrogens (tertiary/aromatic N) is 1. The first kappa shape index (κ1) is 24.5. The quantitative estimate of drug-likeness (QED) is 0.438. The second-order valence-corrected chi connectivity index (χ2v) is 8.49. The number of benzene rings is 2. The average molecular weight is 468 g/mol. The Bertz CT molecular complexity index is 1070. The average Bonchev–Trinajstić information content (AvgIpc) is 2.81. The van der Waals surface area contributed by atoms with Crippen LogP contribution >= 0.6 is 11.6 Å². The number of rotatable bonds is 6. The van der Waals surface area contributed by atoms with Gasteiger partial charge in [-0.3, -0.25) is 14.6 Å². The molecule has 0 bridgehead atoms. The number of aromatic nitrogens is 1. The third-order valence-electron chi connectivity index (χ3n) is 5.59. The van der Waals surface area contributed by atoms with E-state index in [0.29, 0.717) is 29.6 Å². The molecule has 1 aliphatic rings. The van der Waals surface area contributed by atoms with E-state index in [2.05, 4.69) is 15.6 Å². The zero-order valence-electron chi connectivity index (χ0n) is 18.5. The second-order valence-electron chi connectivity index (χ2n) is 8.05. The van der Waals surface area contributed by atoms with Crippen LogP contribution in [0.1, 0.15) is 42.5 Å². The van der Waals surface area contributed by atoms with Gasteiger partial charge in [0.1, 0.15) is 0 Å². The molecule has 7 nitrogen and oxygen atoms in total. The lowest BCUT2D eigenvalue weighted by molar-refractivity contribution is -0.121. The molecule has 2 aromatic carbocycles. The number of halogens is 1. The van der Waals surface area contributed by atoms with Gasteiger partial charge in [-0.1, -0.05) is 29.8 Å². The van der Waals surface area contributed by atoms with Crippen molar-refractivity contribution in [2.45, 2.75) is 44.2 Å². The maximum atomic E-state index is 11.6. The molecule has 1 aromatic heterocycles. The molecule has 1 saturated carbocycles. The maximum Gasteiger partial charge on any atom is 0.248 e. The second kappa shape index (κ2) is 12.2. The van der Waals surface area contributed by atoms with Crippen molar-refractivity contribution in [3.63, 3.8) is 0 Å². The highest BCUT2D eigenvalue weighted by atomic mass is 35.5. The lowest BCUT2D eigenvalue weighted by atomic mass is 9.90. The highest BCUT2D eigenvalue weighted by molar-refractivity contribution is 6.31. The molecule has 1 heterocycles. The fraction of sp³-hybridized carbons (Fsp3) is 0.320. The van der Waals surface area contributed by atoms with Crippen LogP contribution in [0.3, 0.4) is 0 Å². The maximum absolute atomic E-state index is 11.6. The minimum Gasteiger partial charge on any atom is -0.382 e. The van der Waals surface area contributed by atoms with Crippen molar-refractivity contribution >= 4 is 40.0 Å². The number of fused-ring (bicyclic) bond motifs is 1. The van der Waals surface area contributed by atoms with Crippen molar-refractivity contribution in [2.75, 3.05) is 11.9 Å². The third kappa shape index (κ3) is 7.44. The van der Waals surface area contributed by atoms with Crippen molar-refractivity contribution in [3.05, 3.63) is 71.4 Å². The highest BCUT2D eigenvalue weighted by Crippen LogP contribution is 2.28. The molecule has 2 amide bonds. The minimum atomic E-state index is -0.379. The van der Waals surface area contributed by atoms with Crippen molar-refractivity contribution < 1.29 is 9.59 Å². The lowest BCUT2D eigenvalue weighted by Crippen LogP contribution is -2.40. The zero-order chi connectivity index (χ0) is 23.6.